The van der Waals surface area contributed by atoms with Gasteiger partial charge < -0.3 is 14.4 Å². The first-order valence-corrected chi connectivity index (χ1v) is 16.0. The largest absolute Gasteiger partial charge is 0.497 e. The summed E-state index contributed by atoms with van der Waals surface area (Å²) < 4.78 is 10.8. The van der Waals surface area contributed by atoms with Crippen molar-refractivity contribution in [3.05, 3.63) is 162 Å². The number of aryl methyl sites for hydroxylation is 1. The molecule has 0 aliphatic rings. The molecule has 0 saturated heterocycles. The highest BCUT2D eigenvalue weighted by atomic mass is 16.5. The van der Waals surface area contributed by atoms with Crippen molar-refractivity contribution in [2.45, 2.75) is 32.6 Å². The van der Waals surface area contributed by atoms with Crippen LogP contribution in [0.25, 0.3) is 22.3 Å². The third-order valence-electron chi connectivity index (χ3n) is 8.82. The molecule has 1 atom stereocenters. The van der Waals surface area contributed by atoms with Crippen molar-refractivity contribution in [3.8, 4) is 33.8 Å². The van der Waals surface area contributed by atoms with Gasteiger partial charge in [-0.1, -0.05) is 97.4 Å². The van der Waals surface area contributed by atoms with Crippen LogP contribution in [0.15, 0.2) is 146 Å². The lowest BCUT2D eigenvalue weighted by Crippen LogP contribution is -2.09. The van der Waals surface area contributed by atoms with Crippen molar-refractivity contribution in [1.29, 1.82) is 0 Å². The van der Waals surface area contributed by atoms with Crippen LogP contribution in [0.4, 0.5) is 17.1 Å². The minimum absolute atomic E-state index is 0.478. The Bertz CT molecular complexity index is 1820. The standard InChI is InChI=1S/C43H41NO2/c1-5-33(34-18-26-42(45-3)27-19-34)30-32-8-12-36(13-9-32)38-16-22-40(23-17-38)44(41-24-28-43(46-4)29-25-41)39-20-14-37(15-21-39)35-10-6-31(2)7-11-35/h6-29,33H,5,30H2,1-4H3. The summed E-state index contributed by atoms with van der Waals surface area (Å²) in [5.74, 6) is 2.22. The van der Waals surface area contributed by atoms with Crippen molar-refractivity contribution in [1.82, 2.24) is 0 Å². The molecule has 0 bridgehead atoms. The van der Waals surface area contributed by atoms with Gasteiger partial charge in [0, 0.05) is 17.1 Å². The Kier molecular flexibility index (Phi) is 9.50. The van der Waals surface area contributed by atoms with E-state index < -0.39 is 0 Å². The number of methoxy groups -OCH3 is 2. The van der Waals surface area contributed by atoms with E-state index in [0.717, 1.165) is 41.4 Å². The van der Waals surface area contributed by atoms with E-state index in [2.05, 4.69) is 152 Å². The maximum absolute atomic E-state index is 5.44. The van der Waals surface area contributed by atoms with Gasteiger partial charge in [0.15, 0.2) is 0 Å². The summed E-state index contributed by atoms with van der Waals surface area (Å²) in [5, 5.41) is 0. The summed E-state index contributed by atoms with van der Waals surface area (Å²) in [5.41, 5.74) is 12.1. The van der Waals surface area contributed by atoms with E-state index in [4.69, 9.17) is 9.47 Å². The van der Waals surface area contributed by atoms with E-state index in [-0.39, 0.29) is 0 Å². The summed E-state index contributed by atoms with van der Waals surface area (Å²) in [7, 11) is 3.41. The summed E-state index contributed by atoms with van der Waals surface area (Å²) in [6.45, 7) is 4.38. The molecular weight excluding hydrogens is 562 g/mol. The van der Waals surface area contributed by atoms with Gasteiger partial charge in [0.1, 0.15) is 11.5 Å². The first-order valence-electron chi connectivity index (χ1n) is 16.0. The second-order valence-electron chi connectivity index (χ2n) is 11.8. The van der Waals surface area contributed by atoms with E-state index in [9.17, 15) is 0 Å². The summed E-state index contributed by atoms with van der Waals surface area (Å²) in [6.07, 6.45) is 2.11. The van der Waals surface area contributed by atoms with Gasteiger partial charge in [0.2, 0.25) is 0 Å². The second-order valence-corrected chi connectivity index (χ2v) is 11.8. The van der Waals surface area contributed by atoms with Gasteiger partial charge in [0.25, 0.3) is 0 Å². The maximum atomic E-state index is 5.44. The highest BCUT2D eigenvalue weighted by Crippen LogP contribution is 2.37. The minimum atomic E-state index is 0.478. The Labute approximate surface area is 273 Å². The fraction of sp³-hybridized carbons (Fsp3) is 0.163. The molecule has 0 saturated carbocycles. The van der Waals surface area contributed by atoms with E-state index in [1.54, 1.807) is 14.2 Å². The Morgan fingerprint density at radius 1 is 0.478 bits per heavy atom. The molecule has 0 amide bonds. The summed E-state index contributed by atoms with van der Waals surface area (Å²) in [4.78, 5) is 2.29. The smallest absolute Gasteiger partial charge is 0.119 e. The Balaban J connectivity index is 1.23. The molecule has 230 valence electrons. The van der Waals surface area contributed by atoms with Gasteiger partial charge in [-0.2, -0.15) is 0 Å². The normalized spacial score (nSPS) is 11.6. The number of anilines is 3. The quantitative estimate of drug-likeness (QED) is 0.147. The van der Waals surface area contributed by atoms with E-state index in [1.807, 2.05) is 12.1 Å². The number of rotatable bonds is 11. The van der Waals surface area contributed by atoms with Crippen LogP contribution in [-0.2, 0) is 6.42 Å². The van der Waals surface area contributed by atoms with Crippen molar-refractivity contribution < 1.29 is 9.47 Å². The lowest BCUT2D eigenvalue weighted by atomic mass is 9.89. The Hall–Kier alpha value is -5.28. The minimum Gasteiger partial charge on any atom is -0.497 e. The van der Waals surface area contributed by atoms with Gasteiger partial charge in [-0.25, -0.2) is 0 Å². The summed E-state index contributed by atoms with van der Waals surface area (Å²) in [6, 6.07) is 52.1. The van der Waals surface area contributed by atoms with E-state index >= 15 is 0 Å². The van der Waals surface area contributed by atoms with Gasteiger partial charge in [-0.3, -0.25) is 0 Å². The molecule has 0 radical (unpaired) electrons. The van der Waals surface area contributed by atoms with Crippen LogP contribution < -0.4 is 14.4 Å². The van der Waals surface area contributed by atoms with Gasteiger partial charge in [-0.15, -0.1) is 0 Å². The highest BCUT2D eigenvalue weighted by Gasteiger charge is 2.14. The van der Waals surface area contributed by atoms with Crippen molar-refractivity contribution >= 4 is 17.1 Å². The molecule has 6 rings (SSSR count). The first-order chi connectivity index (χ1) is 22.5. The fourth-order valence-corrected chi connectivity index (χ4v) is 6.02. The van der Waals surface area contributed by atoms with E-state index in [1.165, 1.54) is 38.9 Å². The average molecular weight is 604 g/mol. The lowest BCUT2D eigenvalue weighted by molar-refractivity contribution is 0.414. The molecular formula is C43H41NO2. The number of hydrogen-bond acceptors (Lipinski definition) is 3. The average Bonchev–Trinajstić information content (AvgIpc) is 3.12. The monoisotopic (exact) mass is 603 g/mol. The van der Waals surface area contributed by atoms with Gasteiger partial charge in [-0.05, 0) is 120 Å². The molecule has 0 heterocycles. The molecule has 0 aliphatic carbocycles. The number of hydrogen-bond donors (Lipinski definition) is 0. The van der Waals surface area contributed by atoms with Crippen LogP contribution in [0.3, 0.4) is 0 Å². The van der Waals surface area contributed by atoms with Crippen molar-refractivity contribution in [2.24, 2.45) is 0 Å². The maximum Gasteiger partial charge on any atom is 0.119 e. The van der Waals surface area contributed by atoms with Crippen LogP contribution in [0.2, 0.25) is 0 Å². The van der Waals surface area contributed by atoms with Crippen LogP contribution in [0.1, 0.15) is 36.0 Å². The first kappa shape index (κ1) is 30.7. The summed E-state index contributed by atoms with van der Waals surface area (Å²) >= 11 is 0. The molecule has 1 unspecified atom stereocenters. The molecule has 0 aromatic heterocycles. The third kappa shape index (κ3) is 7.00. The lowest BCUT2D eigenvalue weighted by Gasteiger charge is -2.26. The third-order valence-corrected chi connectivity index (χ3v) is 8.82. The molecule has 0 spiro atoms. The molecule has 0 N–H and O–H groups in total. The molecule has 6 aromatic carbocycles. The predicted molar refractivity (Wildman–Crippen MR) is 193 cm³/mol. The second kappa shape index (κ2) is 14.2. The zero-order chi connectivity index (χ0) is 31.9. The van der Waals surface area contributed by atoms with Crippen LogP contribution in [0.5, 0.6) is 11.5 Å². The number of ether oxygens (including phenoxy) is 2. The van der Waals surface area contributed by atoms with Crippen LogP contribution in [-0.4, -0.2) is 14.2 Å². The van der Waals surface area contributed by atoms with Gasteiger partial charge in [0.05, 0.1) is 14.2 Å². The molecule has 0 aliphatic heterocycles. The SMILES string of the molecule is CCC(Cc1ccc(-c2ccc(N(c3ccc(OC)cc3)c3ccc(-c4ccc(C)cc4)cc3)cc2)cc1)c1ccc(OC)cc1. The van der Waals surface area contributed by atoms with Crippen molar-refractivity contribution in [3.63, 3.8) is 0 Å². The zero-order valence-electron chi connectivity index (χ0n) is 27.1. The molecule has 0 fully saturated rings. The Morgan fingerprint density at radius 2 is 0.848 bits per heavy atom. The zero-order valence-corrected chi connectivity index (χ0v) is 27.1. The Morgan fingerprint density at radius 3 is 1.26 bits per heavy atom. The number of nitrogens with zero attached hydrogens (tertiary/aromatic N) is 1. The molecule has 46 heavy (non-hydrogen) atoms. The molecule has 6 aromatic rings. The van der Waals surface area contributed by atoms with E-state index in [0.29, 0.717) is 5.92 Å². The topological polar surface area (TPSA) is 21.7 Å². The van der Waals surface area contributed by atoms with Gasteiger partial charge >= 0.3 is 0 Å². The fourth-order valence-electron chi connectivity index (χ4n) is 6.02. The predicted octanol–water partition coefficient (Wildman–Crippen LogP) is 11.6. The highest BCUT2D eigenvalue weighted by molar-refractivity contribution is 5.80. The molecule has 3 heteroatoms. The van der Waals surface area contributed by atoms with Crippen molar-refractivity contribution in [2.75, 3.05) is 19.1 Å². The number of benzene rings is 6. The van der Waals surface area contributed by atoms with Crippen LogP contribution in [0, 0.1) is 6.92 Å². The molecule has 3 nitrogen and oxygen atoms in total. The van der Waals surface area contributed by atoms with Crippen LogP contribution >= 0.6 is 0 Å².